The van der Waals surface area contributed by atoms with Crippen molar-refractivity contribution in [2.24, 2.45) is 0 Å². The molecule has 5 nitrogen and oxygen atoms in total. The molecule has 3 rings (SSSR count). The van der Waals surface area contributed by atoms with Crippen molar-refractivity contribution >= 4 is 10.2 Å². The van der Waals surface area contributed by atoms with Crippen molar-refractivity contribution in [3.8, 4) is 0 Å². The Hall–Kier alpha value is -0.950. The van der Waals surface area contributed by atoms with E-state index in [2.05, 4.69) is 10.8 Å². The molecule has 0 bridgehead atoms. The van der Waals surface area contributed by atoms with E-state index in [0.29, 0.717) is 25.9 Å². The van der Waals surface area contributed by atoms with E-state index >= 15 is 0 Å². The van der Waals surface area contributed by atoms with Crippen molar-refractivity contribution in [2.75, 3.05) is 13.2 Å². The summed E-state index contributed by atoms with van der Waals surface area (Å²) in [5.41, 5.74) is 1.63. The van der Waals surface area contributed by atoms with E-state index in [1.54, 1.807) is 0 Å². The molecule has 0 radical (unpaired) electrons. The van der Waals surface area contributed by atoms with Crippen LogP contribution in [-0.4, -0.2) is 36.5 Å². The third-order valence-electron chi connectivity index (χ3n) is 4.64. The highest BCUT2D eigenvalue weighted by atomic mass is 32.2. The van der Waals surface area contributed by atoms with Gasteiger partial charge >= 0.3 is 0 Å². The molecule has 1 aromatic carbocycles. The molecule has 2 aliphatic rings. The van der Waals surface area contributed by atoms with Gasteiger partial charge in [0.05, 0.1) is 12.1 Å². The zero-order chi connectivity index (χ0) is 14.9. The van der Waals surface area contributed by atoms with Gasteiger partial charge in [0, 0.05) is 13.1 Å². The van der Waals surface area contributed by atoms with Crippen LogP contribution in [-0.2, 0) is 23.2 Å². The summed E-state index contributed by atoms with van der Waals surface area (Å²) in [5, 5.41) is 9.59. The lowest BCUT2D eigenvalue weighted by Gasteiger charge is -2.33. The summed E-state index contributed by atoms with van der Waals surface area (Å²) in [5.74, 6) is 0. The Morgan fingerprint density at radius 2 is 1.86 bits per heavy atom. The molecular weight excluding hydrogens is 288 g/mol. The van der Waals surface area contributed by atoms with E-state index in [-0.39, 0.29) is 6.61 Å². The number of hydrogen-bond acceptors (Lipinski definition) is 3. The van der Waals surface area contributed by atoms with Gasteiger partial charge in [-0.05, 0) is 30.4 Å². The third kappa shape index (κ3) is 2.99. The summed E-state index contributed by atoms with van der Waals surface area (Å²) in [7, 11) is -3.56. The van der Waals surface area contributed by atoms with Crippen LogP contribution in [0.5, 0.6) is 0 Å². The van der Waals surface area contributed by atoms with Crippen LogP contribution >= 0.6 is 0 Å². The van der Waals surface area contributed by atoms with Gasteiger partial charge in [0.2, 0.25) is 0 Å². The van der Waals surface area contributed by atoms with Gasteiger partial charge < -0.3 is 5.11 Å². The summed E-state index contributed by atoms with van der Waals surface area (Å²) >= 11 is 0. The van der Waals surface area contributed by atoms with Crippen LogP contribution in [0.4, 0.5) is 0 Å². The van der Waals surface area contributed by atoms with Crippen LogP contribution in [0.25, 0.3) is 0 Å². The summed E-state index contributed by atoms with van der Waals surface area (Å²) in [6, 6.07) is 7.96. The van der Waals surface area contributed by atoms with Gasteiger partial charge in [-0.2, -0.15) is 17.4 Å². The maximum atomic E-state index is 12.6. The van der Waals surface area contributed by atoms with Gasteiger partial charge in [0.1, 0.15) is 0 Å². The molecule has 21 heavy (non-hydrogen) atoms. The van der Waals surface area contributed by atoms with E-state index in [0.717, 1.165) is 24.8 Å². The number of nitrogens with zero attached hydrogens (tertiary/aromatic N) is 1. The Balaban J connectivity index is 1.77. The lowest BCUT2D eigenvalue weighted by atomic mass is 10.0. The van der Waals surface area contributed by atoms with Crippen LogP contribution in [0.1, 0.15) is 36.8 Å². The van der Waals surface area contributed by atoms with Gasteiger partial charge in [-0.15, -0.1) is 0 Å². The number of aliphatic hydroxyl groups excluding tert-OH is 1. The maximum Gasteiger partial charge on any atom is 0.280 e. The van der Waals surface area contributed by atoms with Crippen LogP contribution in [0.2, 0.25) is 0 Å². The number of fused-ring (bicyclic) bond motifs is 1. The molecule has 2 N–H and O–H groups in total. The van der Waals surface area contributed by atoms with Crippen LogP contribution < -0.4 is 4.72 Å². The standard InChI is InChI=1S/C15H22N2O3S/c18-12-15(8-3-4-9-15)16-21(19,20)17-10-7-13-5-1-2-6-14(13)11-17/h1-2,5-6,16,18H,3-4,7-12H2. The summed E-state index contributed by atoms with van der Waals surface area (Å²) in [6.45, 7) is 0.775. The summed E-state index contributed by atoms with van der Waals surface area (Å²) in [6.07, 6.45) is 4.10. The Labute approximate surface area is 126 Å². The van der Waals surface area contributed by atoms with Crippen LogP contribution in [0.15, 0.2) is 24.3 Å². The summed E-state index contributed by atoms with van der Waals surface area (Å²) < 4.78 is 29.5. The second-order valence-electron chi connectivity index (χ2n) is 6.10. The quantitative estimate of drug-likeness (QED) is 0.877. The van der Waals surface area contributed by atoms with Crippen molar-refractivity contribution in [3.05, 3.63) is 35.4 Å². The topological polar surface area (TPSA) is 69.6 Å². The molecule has 1 heterocycles. The molecule has 1 saturated carbocycles. The Morgan fingerprint density at radius 1 is 1.19 bits per heavy atom. The minimum Gasteiger partial charge on any atom is -0.394 e. The molecule has 1 fully saturated rings. The highest BCUT2D eigenvalue weighted by molar-refractivity contribution is 7.87. The monoisotopic (exact) mass is 310 g/mol. The lowest BCUT2D eigenvalue weighted by molar-refractivity contribution is 0.182. The zero-order valence-corrected chi connectivity index (χ0v) is 12.9. The minimum atomic E-state index is -3.56. The van der Waals surface area contributed by atoms with Crippen molar-refractivity contribution in [1.82, 2.24) is 9.03 Å². The van der Waals surface area contributed by atoms with Gasteiger partial charge in [0.25, 0.3) is 10.2 Å². The smallest absolute Gasteiger partial charge is 0.280 e. The van der Waals surface area contributed by atoms with Crippen LogP contribution in [0, 0.1) is 0 Å². The molecule has 0 amide bonds. The molecular formula is C15H22N2O3S. The fourth-order valence-corrected chi connectivity index (χ4v) is 4.94. The van der Waals surface area contributed by atoms with E-state index in [4.69, 9.17) is 0 Å². The van der Waals surface area contributed by atoms with Gasteiger partial charge in [-0.3, -0.25) is 0 Å². The molecule has 116 valence electrons. The van der Waals surface area contributed by atoms with E-state index < -0.39 is 15.7 Å². The predicted molar refractivity (Wildman–Crippen MR) is 80.9 cm³/mol. The zero-order valence-electron chi connectivity index (χ0n) is 12.1. The summed E-state index contributed by atoms with van der Waals surface area (Å²) in [4.78, 5) is 0. The highest BCUT2D eigenvalue weighted by Crippen LogP contribution is 2.31. The fraction of sp³-hybridized carbons (Fsp3) is 0.600. The number of rotatable bonds is 4. The van der Waals surface area contributed by atoms with E-state index in [1.165, 1.54) is 9.87 Å². The Bertz CT molecular complexity index is 609. The third-order valence-corrected chi connectivity index (χ3v) is 6.33. The fourth-order valence-electron chi connectivity index (χ4n) is 3.36. The minimum absolute atomic E-state index is 0.128. The molecule has 6 heteroatoms. The van der Waals surface area contributed by atoms with Gasteiger partial charge in [-0.25, -0.2) is 0 Å². The van der Waals surface area contributed by atoms with E-state index in [1.807, 2.05) is 18.2 Å². The first-order valence-corrected chi connectivity index (χ1v) is 8.95. The molecule has 0 saturated heterocycles. The first kappa shape index (κ1) is 15.0. The number of hydrogen-bond donors (Lipinski definition) is 2. The number of benzene rings is 1. The average molecular weight is 310 g/mol. The molecule has 0 atom stereocenters. The maximum absolute atomic E-state index is 12.6. The van der Waals surface area contributed by atoms with Crippen molar-refractivity contribution in [3.63, 3.8) is 0 Å². The normalized spacial score (nSPS) is 22.1. The van der Waals surface area contributed by atoms with Crippen molar-refractivity contribution in [2.45, 2.75) is 44.2 Å². The molecule has 1 aromatic rings. The van der Waals surface area contributed by atoms with Crippen molar-refractivity contribution < 1.29 is 13.5 Å². The first-order chi connectivity index (χ1) is 10.0. The first-order valence-electron chi connectivity index (χ1n) is 7.51. The average Bonchev–Trinajstić information content (AvgIpc) is 2.95. The molecule has 1 aliphatic heterocycles. The Kier molecular flexibility index (Phi) is 4.05. The molecule has 0 aromatic heterocycles. The van der Waals surface area contributed by atoms with Crippen LogP contribution in [0.3, 0.4) is 0 Å². The lowest BCUT2D eigenvalue weighted by Crippen LogP contribution is -2.54. The second-order valence-corrected chi connectivity index (χ2v) is 7.78. The number of aliphatic hydroxyl groups is 1. The predicted octanol–water partition coefficient (Wildman–Crippen LogP) is 1.18. The molecule has 0 unspecified atom stereocenters. The second kappa shape index (κ2) is 5.68. The Morgan fingerprint density at radius 3 is 2.52 bits per heavy atom. The largest absolute Gasteiger partial charge is 0.394 e. The van der Waals surface area contributed by atoms with Crippen molar-refractivity contribution in [1.29, 1.82) is 0 Å². The van der Waals surface area contributed by atoms with Gasteiger partial charge in [-0.1, -0.05) is 37.1 Å². The highest BCUT2D eigenvalue weighted by Gasteiger charge is 2.39. The van der Waals surface area contributed by atoms with Gasteiger partial charge in [0.15, 0.2) is 0 Å². The molecule has 0 spiro atoms. The molecule has 1 aliphatic carbocycles. The SMILES string of the molecule is O=S(=O)(NC1(CO)CCCC1)N1CCc2ccccc2C1. The number of nitrogens with one attached hydrogen (secondary N) is 1. The van der Waals surface area contributed by atoms with E-state index in [9.17, 15) is 13.5 Å².